The minimum atomic E-state index is -0.359. The van der Waals surface area contributed by atoms with Crippen LogP contribution in [0.15, 0.2) is 48.9 Å². The Morgan fingerprint density at radius 1 is 1.09 bits per heavy atom. The summed E-state index contributed by atoms with van der Waals surface area (Å²) in [7, 11) is 0. The summed E-state index contributed by atoms with van der Waals surface area (Å²) in [6, 6.07) is 7.06. The van der Waals surface area contributed by atoms with Crippen molar-refractivity contribution in [2.75, 3.05) is 6.61 Å². The van der Waals surface area contributed by atoms with Crippen LogP contribution in [0.4, 0.5) is 4.39 Å². The molecule has 0 saturated heterocycles. The van der Waals surface area contributed by atoms with Crippen LogP contribution in [0.3, 0.4) is 0 Å². The maximum absolute atomic E-state index is 13.4. The molecule has 0 saturated carbocycles. The summed E-state index contributed by atoms with van der Waals surface area (Å²) >= 11 is 0. The van der Waals surface area contributed by atoms with Gasteiger partial charge in [0.15, 0.2) is 0 Å². The van der Waals surface area contributed by atoms with Crippen LogP contribution < -0.4 is 10.6 Å². The van der Waals surface area contributed by atoms with E-state index in [4.69, 9.17) is 4.74 Å². The van der Waals surface area contributed by atoms with E-state index in [0.29, 0.717) is 35.8 Å². The number of halogens is 1. The highest BCUT2D eigenvalue weighted by Crippen LogP contribution is 2.25. The van der Waals surface area contributed by atoms with Crippen LogP contribution in [0, 0.1) is 11.7 Å². The number of rotatable bonds is 7. The fourth-order valence-corrected chi connectivity index (χ4v) is 4.11. The maximum atomic E-state index is 13.4. The Balaban J connectivity index is 1.59. The Kier molecular flexibility index (Phi) is 7.02. The van der Waals surface area contributed by atoms with Gasteiger partial charge in [-0.3, -0.25) is 19.6 Å². The first-order valence-corrected chi connectivity index (χ1v) is 11.3. The molecule has 0 bridgehead atoms. The molecule has 4 rings (SSSR count). The number of benzene rings is 1. The molecule has 0 radical (unpaired) electrons. The van der Waals surface area contributed by atoms with Gasteiger partial charge >= 0.3 is 0 Å². The number of nitrogens with one attached hydrogen (secondary N) is 2. The number of hydrogen-bond acceptors (Lipinski definition) is 5. The van der Waals surface area contributed by atoms with E-state index in [2.05, 4.69) is 20.6 Å². The zero-order chi connectivity index (χ0) is 24.2. The standard InChI is InChI=1S/C25H28FN5O3/c1-15(2)23(17-4-6-18(26)7-5-17)30-25(33)21-12-19(22-14-34-11-10-31(21)22)24(32)29-16(3)20-13-27-8-9-28-20/h4-9,12-13,15-16,23H,10-11,14H2,1-3H3,(H,29,32)(H,30,33). The topological polar surface area (TPSA) is 98.1 Å². The Hall–Kier alpha value is -3.59. The third-order valence-electron chi connectivity index (χ3n) is 5.94. The summed E-state index contributed by atoms with van der Waals surface area (Å²) < 4.78 is 20.8. The van der Waals surface area contributed by atoms with Gasteiger partial charge < -0.3 is 19.9 Å². The molecule has 0 aliphatic carbocycles. The maximum Gasteiger partial charge on any atom is 0.268 e. The van der Waals surface area contributed by atoms with Crippen LogP contribution in [-0.2, 0) is 17.9 Å². The van der Waals surface area contributed by atoms with Crippen LogP contribution >= 0.6 is 0 Å². The average molecular weight is 466 g/mol. The molecule has 1 aromatic carbocycles. The van der Waals surface area contributed by atoms with Gasteiger partial charge in [-0.2, -0.15) is 0 Å². The van der Waals surface area contributed by atoms with Gasteiger partial charge in [0.2, 0.25) is 0 Å². The molecule has 8 nitrogen and oxygen atoms in total. The lowest BCUT2D eigenvalue weighted by molar-refractivity contribution is 0.0771. The van der Waals surface area contributed by atoms with Crippen molar-refractivity contribution in [1.82, 2.24) is 25.2 Å². The number of ether oxygens (including phenoxy) is 1. The van der Waals surface area contributed by atoms with Gasteiger partial charge in [0.1, 0.15) is 11.5 Å². The highest BCUT2D eigenvalue weighted by molar-refractivity contribution is 6.01. The molecule has 2 aromatic heterocycles. The molecule has 1 aliphatic rings. The second kappa shape index (κ2) is 10.1. The molecule has 2 unspecified atom stereocenters. The fraction of sp³-hybridized carbons (Fsp3) is 0.360. The second-order valence-electron chi connectivity index (χ2n) is 8.67. The van der Waals surface area contributed by atoms with Crippen LogP contribution in [0.1, 0.15) is 70.7 Å². The molecule has 1 aliphatic heterocycles. The smallest absolute Gasteiger partial charge is 0.268 e. The molecular weight excluding hydrogens is 437 g/mol. The van der Waals surface area contributed by atoms with Gasteiger partial charge in [0.25, 0.3) is 11.8 Å². The van der Waals surface area contributed by atoms with Gasteiger partial charge in [-0.1, -0.05) is 26.0 Å². The summed E-state index contributed by atoms with van der Waals surface area (Å²) in [5, 5.41) is 5.99. The number of carbonyl (C=O) groups excluding carboxylic acids is 2. The number of aromatic nitrogens is 3. The fourth-order valence-electron chi connectivity index (χ4n) is 4.11. The van der Waals surface area contributed by atoms with Crippen LogP contribution in [-0.4, -0.2) is 33.0 Å². The second-order valence-corrected chi connectivity index (χ2v) is 8.67. The van der Waals surface area contributed by atoms with Crippen molar-refractivity contribution in [3.05, 3.63) is 82.9 Å². The Morgan fingerprint density at radius 3 is 2.53 bits per heavy atom. The third kappa shape index (κ3) is 4.99. The minimum absolute atomic E-state index is 0.0733. The molecule has 2 amide bonds. The van der Waals surface area contributed by atoms with Crippen LogP contribution in [0.5, 0.6) is 0 Å². The normalized spacial score (nSPS) is 14.9. The average Bonchev–Trinajstić information content (AvgIpc) is 3.23. The predicted molar refractivity (Wildman–Crippen MR) is 123 cm³/mol. The first kappa shape index (κ1) is 23.6. The van der Waals surface area contributed by atoms with Gasteiger partial charge in [-0.25, -0.2) is 4.39 Å². The Morgan fingerprint density at radius 2 is 1.85 bits per heavy atom. The molecule has 0 fully saturated rings. The first-order chi connectivity index (χ1) is 16.3. The monoisotopic (exact) mass is 465 g/mol. The molecular formula is C25H28FN5O3. The SMILES string of the molecule is CC(NC(=O)c1cc(C(=O)NC(c2ccc(F)cc2)C(C)C)n2c1COCC2)c1cnccn1. The van der Waals surface area contributed by atoms with E-state index in [1.54, 1.807) is 36.8 Å². The molecule has 34 heavy (non-hydrogen) atoms. The third-order valence-corrected chi connectivity index (χ3v) is 5.94. The van der Waals surface area contributed by atoms with Gasteiger partial charge in [-0.05, 0) is 36.6 Å². The van der Waals surface area contributed by atoms with E-state index >= 15 is 0 Å². The van der Waals surface area contributed by atoms with Crippen LogP contribution in [0.25, 0.3) is 0 Å². The van der Waals surface area contributed by atoms with Crippen molar-refractivity contribution < 1.29 is 18.7 Å². The lowest BCUT2D eigenvalue weighted by Gasteiger charge is -2.24. The number of hydrogen-bond donors (Lipinski definition) is 2. The summed E-state index contributed by atoms with van der Waals surface area (Å²) in [6.07, 6.45) is 4.74. The van der Waals surface area contributed by atoms with Crippen molar-refractivity contribution >= 4 is 11.8 Å². The lowest BCUT2D eigenvalue weighted by Crippen LogP contribution is -2.34. The lowest BCUT2D eigenvalue weighted by atomic mass is 9.96. The van der Waals surface area contributed by atoms with E-state index in [1.807, 2.05) is 25.3 Å². The van der Waals surface area contributed by atoms with Crippen molar-refractivity contribution in [3.8, 4) is 0 Å². The van der Waals surface area contributed by atoms with E-state index < -0.39 is 0 Å². The van der Waals surface area contributed by atoms with Crippen molar-refractivity contribution in [1.29, 1.82) is 0 Å². The molecule has 178 valence electrons. The quantitative estimate of drug-likeness (QED) is 0.556. The molecule has 3 heterocycles. The first-order valence-electron chi connectivity index (χ1n) is 11.3. The molecule has 0 spiro atoms. The van der Waals surface area contributed by atoms with Gasteiger partial charge in [-0.15, -0.1) is 0 Å². The minimum Gasteiger partial charge on any atom is -0.373 e. The van der Waals surface area contributed by atoms with Crippen molar-refractivity contribution in [2.45, 2.75) is 46.0 Å². The summed E-state index contributed by atoms with van der Waals surface area (Å²) in [5.41, 5.74) is 2.89. The number of amides is 2. The molecule has 2 N–H and O–H groups in total. The largest absolute Gasteiger partial charge is 0.373 e. The van der Waals surface area contributed by atoms with Gasteiger partial charge in [0.05, 0.1) is 48.4 Å². The van der Waals surface area contributed by atoms with Gasteiger partial charge in [0, 0.05) is 18.9 Å². The summed E-state index contributed by atoms with van der Waals surface area (Å²) in [6.45, 7) is 6.95. The van der Waals surface area contributed by atoms with E-state index in [-0.39, 0.29) is 42.2 Å². The predicted octanol–water partition coefficient (Wildman–Crippen LogP) is 3.57. The highest BCUT2D eigenvalue weighted by atomic mass is 19.1. The Labute approximate surface area is 197 Å². The number of carbonyl (C=O) groups is 2. The highest BCUT2D eigenvalue weighted by Gasteiger charge is 2.28. The molecule has 2 atom stereocenters. The summed E-state index contributed by atoms with van der Waals surface area (Å²) in [4.78, 5) is 34.8. The summed E-state index contributed by atoms with van der Waals surface area (Å²) in [5.74, 6) is -0.869. The zero-order valence-electron chi connectivity index (χ0n) is 19.4. The Bertz CT molecular complexity index is 1160. The molecule has 3 aromatic rings. The number of nitrogens with zero attached hydrogens (tertiary/aromatic N) is 3. The van der Waals surface area contributed by atoms with E-state index in [0.717, 1.165) is 5.56 Å². The van der Waals surface area contributed by atoms with E-state index in [9.17, 15) is 14.0 Å². The van der Waals surface area contributed by atoms with Crippen LogP contribution in [0.2, 0.25) is 0 Å². The molecule has 9 heteroatoms. The van der Waals surface area contributed by atoms with Crippen molar-refractivity contribution in [2.24, 2.45) is 5.92 Å². The zero-order valence-corrected chi connectivity index (χ0v) is 19.4. The number of fused-ring (bicyclic) bond motifs is 1. The van der Waals surface area contributed by atoms with Crippen molar-refractivity contribution in [3.63, 3.8) is 0 Å². The van der Waals surface area contributed by atoms with E-state index in [1.165, 1.54) is 12.1 Å².